The number of amides is 4. The minimum atomic E-state index is -0.475. The van der Waals surface area contributed by atoms with Crippen molar-refractivity contribution < 1.29 is 38.0 Å². The van der Waals surface area contributed by atoms with Gasteiger partial charge in [-0.15, -0.1) is 0 Å². The maximum Gasteiger partial charge on any atom is 0.328 e. The van der Waals surface area contributed by atoms with Crippen molar-refractivity contribution in [1.29, 1.82) is 0 Å². The van der Waals surface area contributed by atoms with Crippen LogP contribution in [-0.2, 0) is 23.8 Å². The molecule has 1 saturated carbocycles. The standard InChI is InChI=1S/C73H90N12O7/c1-47-61-17-9-11-19-65(61)85(68-46-63(81-51(5)83-68)49(3)79-71(87)57-26-22-53(23-27-57)55-30-34-60(75)35-31-55)69(47)73(89)77-37-43-92-41-15-7-13-39-90-38-12-6-14-40-91-42-36-76-72(88)66-44-58-16-8-10-18-64(58)84(66)67-45-62(80-50(4)82-67)48(2)78-70(86)56-24-20-52(21-25-56)54-28-32-59(74)33-29-54/h16,20-35,45-47,49,61,65-66,69H,6-15,17-19,36-44H2,1-5H3,(H6-,74,75,76,77,79,86,87,88,89)/p+1/t47-,49+,61?,65+,66+,69+/m1/s1. The zero-order chi connectivity index (χ0) is 64.5. The Labute approximate surface area is 541 Å². The number of carbonyl (C=O) groups is 4. The van der Waals surface area contributed by atoms with Crippen LogP contribution in [0.4, 0.5) is 23.0 Å². The topological polar surface area (TPSA) is 254 Å². The van der Waals surface area contributed by atoms with E-state index in [1.54, 1.807) is 19.1 Å². The molecule has 2 aliphatic carbocycles. The second kappa shape index (κ2) is 32.2. The van der Waals surface area contributed by atoms with Crippen LogP contribution < -0.4 is 32.3 Å². The first-order chi connectivity index (χ1) is 44.7. The van der Waals surface area contributed by atoms with E-state index in [0.29, 0.717) is 122 Å². The number of anilines is 3. The van der Waals surface area contributed by atoms with Gasteiger partial charge in [0.2, 0.25) is 11.7 Å². The van der Waals surface area contributed by atoms with Gasteiger partial charge in [-0.25, -0.2) is 24.5 Å². The molecular weight excluding hydrogens is 1160 g/mol. The number of carbonyl (C=O) groups excluding carboxylic acids is 4. The maximum atomic E-state index is 14.2. The van der Waals surface area contributed by atoms with Crippen molar-refractivity contribution in [3.05, 3.63) is 155 Å². The Morgan fingerprint density at radius 3 is 1.80 bits per heavy atom. The van der Waals surface area contributed by atoms with E-state index in [9.17, 15) is 19.2 Å². The number of hydrogen-bond acceptors (Lipinski definition) is 14. The van der Waals surface area contributed by atoms with E-state index in [-0.39, 0.29) is 41.6 Å². The number of aliphatic imine (C=N–C) groups is 1. The monoisotopic (exact) mass is 1250 g/mol. The van der Waals surface area contributed by atoms with Crippen molar-refractivity contribution >= 4 is 58.1 Å². The summed E-state index contributed by atoms with van der Waals surface area (Å²) >= 11 is 0. The Morgan fingerprint density at radius 1 is 0.652 bits per heavy atom. The number of aryl methyl sites for hydroxylation is 2. The van der Waals surface area contributed by atoms with Gasteiger partial charge in [0.1, 0.15) is 23.4 Å². The fraction of sp³-hybridized carbons (Fsp3) is 0.452. The van der Waals surface area contributed by atoms with Crippen LogP contribution in [0.2, 0.25) is 0 Å². The second-order valence-corrected chi connectivity index (χ2v) is 24.9. The fourth-order valence-corrected chi connectivity index (χ4v) is 13.3. The first kappa shape index (κ1) is 66.4. The highest BCUT2D eigenvalue weighted by Gasteiger charge is 2.51. The smallest absolute Gasteiger partial charge is 0.328 e. The average Bonchev–Trinajstić information content (AvgIpc) is 1.61. The van der Waals surface area contributed by atoms with Crippen molar-refractivity contribution in [2.24, 2.45) is 16.8 Å². The lowest BCUT2D eigenvalue weighted by molar-refractivity contribution is -0.466. The van der Waals surface area contributed by atoms with Crippen molar-refractivity contribution in [2.45, 2.75) is 149 Å². The lowest BCUT2D eigenvalue weighted by Crippen LogP contribution is -2.49. The van der Waals surface area contributed by atoms with Gasteiger partial charge in [-0.1, -0.05) is 74.4 Å². The number of nitrogens with one attached hydrogen (secondary N) is 3. The third-order valence-electron chi connectivity index (χ3n) is 18.2. The largest absolute Gasteiger partial charge is 0.399 e. The highest BCUT2D eigenvalue weighted by molar-refractivity contribution is 6.09. The zero-order valence-corrected chi connectivity index (χ0v) is 54.1. The van der Waals surface area contributed by atoms with Crippen molar-refractivity contribution in [1.82, 2.24) is 35.9 Å². The molecule has 1 saturated heterocycles. The molecule has 0 spiro atoms. The Kier molecular flexibility index (Phi) is 23.2. The molecule has 4 aliphatic rings. The van der Waals surface area contributed by atoms with Crippen molar-refractivity contribution in [2.75, 3.05) is 69.1 Å². The summed E-state index contributed by atoms with van der Waals surface area (Å²) in [5.41, 5.74) is 22.1. The quantitative estimate of drug-likeness (QED) is 0.0127. The molecule has 1 unspecified atom stereocenters. The van der Waals surface area contributed by atoms with E-state index in [4.69, 9.17) is 40.6 Å². The van der Waals surface area contributed by atoms with Crippen LogP contribution in [0.1, 0.15) is 160 Å². The molecule has 19 heteroatoms. The van der Waals surface area contributed by atoms with Crippen LogP contribution in [0, 0.1) is 25.7 Å². The number of hydrogen-bond donors (Lipinski definition) is 5. The Balaban J connectivity index is 0.583. The molecule has 484 valence electrons. The van der Waals surface area contributed by atoms with E-state index in [2.05, 4.69) is 48.4 Å². The summed E-state index contributed by atoms with van der Waals surface area (Å²) in [6, 6.07) is 32.8. The van der Waals surface area contributed by atoms with Gasteiger partial charge in [0, 0.05) is 93.9 Å². The molecule has 2 fully saturated rings. The predicted molar refractivity (Wildman–Crippen MR) is 361 cm³/mol. The van der Waals surface area contributed by atoms with Crippen LogP contribution in [0.25, 0.3) is 22.3 Å². The number of nitrogens with zero attached hydrogens (tertiary/aromatic N) is 7. The van der Waals surface area contributed by atoms with Gasteiger partial charge in [-0.2, -0.15) is 0 Å². The van der Waals surface area contributed by atoms with E-state index in [1.165, 1.54) is 5.57 Å². The summed E-state index contributed by atoms with van der Waals surface area (Å²) in [7, 11) is 0. The number of aromatic nitrogens is 4. The van der Waals surface area contributed by atoms with E-state index >= 15 is 0 Å². The number of nitrogen functional groups attached to an aromatic ring is 2. The number of benzene rings is 4. The van der Waals surface area contributed by atoms with Crippen molar-refractivity contribution in [3.63, 3.8) is 0 Å². The summed E-state index contributed by atoms with van der Waals surface area (Å²) in [5.74, 6) is 2.31. The normalized spacial score (nSPS) is 19.1. The Morgan fingerprint density at radius 2 is 1.20 bits per heavy atom. The summed E-state index contributed by atoms with van der Waals surface area (Å²) in [6.45, 7) is 13.9. The third-order valence-corrected chi connectivity index (χ3v) is 18.2. The molecule has 4 heterocycles. The summed E-state index contributed by atoms with van der Waals surface area (Å²) in [6.07, 6.45) is 15.7. The molecule has 10 rings (SSSR count). The zero-order valence-electron chi connectivity index (χ0n) is 54.1. The van der Waals surface area contributed by atoms with Crippen LogP contribution >= 0.6 is 0 Å². The minimum Gasteiger partial charge on any atom is -0.399 e. The first-order valence-electron chi connectivity index (χ1n) is 33.1. The molecule has 92 heavy (non-hydrogen) atoms. The summed E-state index contributed by atoms with van der Waals surface area (Å²) in [5, 5.41) is 9.46. The van der Waals surface area contributed by atoms with Crippen LogP contribution in [0.5, 0.6) is 0 Å². The molecule has 4 aromatic carbocycles. The van der Waals surface area contributed by atoms with Gasteiger partial charge in [-0.3, -0.25) is 19.2 Å². The SMILES string of the molecule is CC(=NC(=O)c1ccc(-c2ccc(N)cc2)cc1)c1cc([N+]2=C3CCCC=C3C[C@H]2C(=O)NCCOCCCCCOCCCCCOCCNC(=O)[C@@H]2[C@H](C)C3CCCC[C@@H]3N2c2cc([C@H](C)NC(=O)c3ccc(-c4ccc(N)cc4)cc3)nc(C)n2)nc(C)n1. The number of nitrogens with two attached hydrogens (primary N) is 2. The molecule has 0 radical (unpaired) electrons. The lowest BCUT2D eigenvalue weighted by Gasteiger charge is -2.34. The molecule has 0 bridgehead atoms. The Hall–Kier alpha value is -8.52. The van der Waals surface area contributed by atoms with Crippen molar-refractivity contribution in [3.8, 4) is 22.3 Å². The summed E-state index contributed by atoms with van der Waals surface area (Å²) in [4.78, 5) is 80.8. The third kappa shape index (κ3) is 17.1. The van der Waals surface area contributed by atoms with Gasteiger partial charge in [-0.05, 0) is 178 Å². The van der Waals surface area contributed by atoms with Gasteiger partial charge in [0.05, 0.1) is 42.4 Å². The van der Waals surface area contributed by atoms with E-state index < -0.39 is 12.1 Å². The molecule has 6 aromatic rings. The van der Waals surface area contributed by atoms with Crippen LogP contribution in [0.3, 0.4) is 0 Å². The molecule has 19 nitrogen and oxygen atoms in total. The molecular formula is C73H91N12O7+. The number of rotatable bonds is 29. The molecule has 2 aliphatic heterocycles. The molecule has 6 atom stereocenters. The highest BCUT2D eigenvalue weighted by atomic mass is 16.5. The van der Waals surface area contributed by atoms with E-state index in [0.717, 1.165) is 117 Å². The minimum absolute atomic E-state index is 0.0123. The first-order valence-corrected chi connectivity index (χ1v) is 33.1. The fourth-order valence-electron chi connectivity index (χ4n) is 13.3. The van der Waals surface area contributed by atoms with Gasteiger partial charge in [0.15, 0.2) is 6.04 Å². The lowest BCUT2D eigenvalue weighted by atomic mass is 9.79. The van der Waals surface area contributed by atoms with Crippen LogP contribution in [-0.4, -0.2) is 130 Å². The van der Waals surface area contributed by atoms with Gasteiger partial charge < -0.3 is 46.5 Å². The number of allylic oxidation sites excluding steroid dienone is 1. The number of fused-ring (bicyclic) bond motifs is 2. The summed E-state index contributed by atoms with van der Waals surface area (Å²) < 4.78 is 19.9. The predicted octanol–water partition coefficient (Wildman–Crippen LogP) is 11.2. The highest BCUT2D eigenvalue weighted by Crippen LogP contribution is 2.46. The number of ether oxygens (including phenoxy) is 3. The second-order valence-electron chi connectivity index (χ2n) is 24.9. The molecule has 7 N–H and O–H groups in total. The van der Waals surface area contributed by atoms with Crippen LogP contribution in [0.15, 0.2) is 126 Å². The van der Waals surface area contributed by atoms with Gasteiger partial charge >= 0.3 is 5.82 Å². The number of unbranched alkanes of at least 4 members (excludes halogenated alkanes) is 4. The van der Waals surface area contributed by atoms with E-state index in [1.807, 2.05) is 118 Å². The average molecular weight is 1250 g/mol. The van der Waals surface area contributed by atoms with Gasteiger partial charge in [0.25, 0.3) is 17.7 Å². The molecule has 2 aromatic heterocycles. The maximum absolute atomic E-state index is 14.2. The Bertz CT molecular complexity index is 3610. The molecule has 4 amide bonds.